The number of aryl methyl sites for hydroxylation is 2. The predicted octanol–water partition coefficient (Wildman–Crippen LogP) is 2.42. The van der Waals surface area contributed by atoms with Crippen LogP contribution >= 0.6 is 0 Å². The number of nitriles is 1. The van der Waals surface area contributed by atoms with Gasteiger partial charge in [-0.1, -0.05) is 32.9 Å². The summed E-state index contributed by atoms with van der Waals surface area (Å²) in [6, 6.07) is 6.32. The number of aromatic nitrogens is 3. The van der Waals surface area contributed by atoms with Gasteiger partial charge < -0.3 is 5.32 Å². The third kappa shape index (κ3) is 4.90. The molecular formula is C19H25N5O. The molecule has 1 aromatic carbocycles. The summed E-state index contributed by atoms with van der Waals surface area (Å²) in [6.45, 7) is 11.5. The lowest BCUT2D eigenvalue weighted by Gasteiger charge is -2.22. The maximum Gasteiger partial charge on any atom is 0.252 e. The van der Waals surface area contributed by atoms with E-state index in [1.54, 1.807) is 0 Å². The van der Waals surface area contributed by atoms with E-state index in [4.69, 9.17) is 5.26 Å². The summed E-state index contributed by atoms with van der Waals surface area (Å²) in [7, 11) is 0. The second-order valence-corrected chi connectivity index (χ2v) is 7.32. The van der Waals surface area contributed by atoms with E-state index in [9.17, 15) is 4.79 Å². The minimum Gasteiger partial charge on any atom is -0.354 e. The van der Waals surface area contributed by atoms with Crippen LogP contribution < -0.4 is 5.32 Å². The maximum atomic E-state index is 12.0. The van der Waals surface area contributed by atoms with Crippen molar-refractivity contribution >= 4 is 5.91 Å². The van der Waals surface area contributed by atoms with E-state index in [2.05, 4.69) is 62.2 Å². The Labute approximate surface area is 148 Å². The summed E-state index contributed by atoms with van der Waals surface area (Å²) in [5, 5.41) is 15.5. The molecule has 0 atom stereocenters. The molecule has 0 aliphatic heterocycles. The van der Waals surface area contributed by atoms with Gasteiger partial charge in [-0.05, 0) is 47.9 Å². The van der Waals surface area contributed by atoms with E-state index < -0.39 is 0 Å². The van der Waals surface area contributed by atoms with Crippen molar-refractivity contribution < 1.29 is 4.79 Å². The molecule has 0 aliphatic carbocycles. The van der Waals surface area contributed by atoms with Gasteiger partial charge in [0.05, 0.1) is 0 Å². The van der Waals surface area contributed by atoms with Crippen LogP contribution in [0.5, 0.6) is 0 Å². The molecule has 25 heavy (non-hydrogen) atoms. The minimum absolute atomic E-state index is 0.0651. The molecule has 1 N–H and O–H groups in total. The number of nitrogens with one attached hydrogen (secondary N) is 1. The molecule has 0 fully saturated rings. The third-order valence-corrected chi connectivity index (χ3v) is 4.20. The van der Waals surface area contributed by atoms with Crippen LogP contribution in [0.25, 0.3) is 0 Å². The van der Waals surface area contributed by atoms with Gasteiger partial charge in [-0.2, -0.15) is 5.26 Å². The van der Waals surface area contributed by atoms with Crippen LogP contribution in [0.4, 0.5) is 0 Å². The lowest BCUT2D eigenvalue weighted by atomic mass is 9.83. The van der Waals surface area contributed by atoms with Crippen LogP contribution in [0.1, 0.15) is 48.8 Å². The summed E-state index contributed by atoms with van der Waals surface area (Å²) < 4.78 is 1.36. The number of hydrogen-bond donors (Lipinski definition) is 1. The zero-order valence-electron chi connectivity index (χ0n) is 15.6. The highest BCUT2D eigenvalue weighted by atomic mass is 16.2. The average molecular weight is 339 g/mol. The molecule has 1 heterocycles. The molecule has 0 bridgehead atoms. The first kappa shape index (κ1) is 18.7. The van der Waals surface area contributed by atoms with Crippen molar-refractivity contribution in [2.75, 3.05) is 6.54 Å². The number of rotatable bonds is 5. The van der Waals surface area contributed by atoms with E-state index >= 15 is 0 Å². The Morgan fingerprint density at radius 3 is 2.44 bits per heavy atom. The van der Waals surface area contributed by atoms with E-state index in [-0.39, 0.29) is 23.7 Å². The van der Waals surface area contributed by atoms with Gasteiger partial charge in [0.15, 0.2) is 0 Å². The summed E-state index contributed by atoms with van der Waals surface area (Å²) in [4.78, 5) is 15.8. The number of amides is 1. The number of carbonyl (C=O) groups excluding carboxylic acids is 1. The Balaban J connectivity index is 1.93. The van der Waals surface area contributed by atoms with Crippen LogP contribution in [0, 0.1) is 25.2 Å². The molecule has 0 spiro atoms. The first-order valence-electron chi connectivity index (χ1n) is 8.37. The number of carbonyl (C=O) groups is 1. The normalized spacial score (nSPS) is 11.2. The highest BCUT2D eigenvalue weighted by Gasteiger charge is 2.16. The van der Waals surface area contributed by atoms with Gasteiger partial charge in [-0.15, -0.1) is 5.10 Å². The van der Waals surface area contributed by atoms with Gasteiger partial charge in [0.25, 0.3) is 5.82 Å². The first-order chi connectivity index (χ1) is 11.7. The Morgan fingerprint density at radius 2 is 1.92 bits per heavy atom. The molecular weight excluding hydrogens is 314 g/mol. The van der Waals surface area contributed by atoms with Crippen molar-refractivity contribution in [3.63, 3.8) is 0 Å². The zero-order valence-corrected chi connectivity index (χ0v) is 15.6. The summed E-state index contributed by atoms with van der Waals surface area (Å²) >= 11 is 0. The molecule has 1 aromatic heterocycles. The summed E-state index contributed by atoms with van der Waals surface area (Å²) in [6.07, 6.45) is 2.17. The molecule has 1 amide bonds. The summed E-state index contributed by atoms with van der Waals surface area (Å²) in [5.74, 6) is -0.0750. The Bertz CT molecular complexity index is 785. The second kappa shape index (κ2) is 7.47. The van der Waals surface area contributed by atoms with Crippen molar-refractivity contribution in [2.24, 2.45) is 0 Å². The van der Waals surface area contributed by atoms with Crippen molar-refractivity contribution in [1.82, 2.24) is 20.1 Å². The smallest absolute Gasteiger partial charge is 0.252 e. The number of benzene rings is 1. The van der Waals surface area contributed by atoms with Gasteiger partial charge >= 0.3 is 0 Å². The predicted molar refractivity (Wildman–Crippen MR) is 96.1 cm³/mol. The average Bonchev–Trinajstić information content (AvgIpc) is 2.96. The number of hydrogen-bond acceptors (Lipinski definition) is 4. The standard InChI is InChI=1S/C19H25N5O/c1-13-8-15(19(3,4)5)9-14(2)16(13)6-7-21-18(25)11-24-12-22-17(10-20)23-24/h8-9,12H,6-7,11H2,1-5H3,(H,21,25). The van der Waals surface area contributed by atoms with Gasteiger partial charge in [0.1, 0.15) is 18.9 Å². The molecule has 2 aromatic rings. The van der Waals surface area contributed by atoms with Crippen LogP contribution in [0.2, 0.25) is 0 Å². The Hall–Kier alpha value is -2.68. The fraction of sp³-hybridized carbons (Fsp3) is 0.474. The fourth-order valence-electron chi connectivity index (χ4n) is 2.77. The SMILES string of the molecule is Cc1cc(C(C)(C)C)cc(C)c1CCNC(=O)Cn1cnc(C#N)n1. The molecule has 6 nitrogen and oxygen atoms in total. The van der Waals surface area contributed by atoms with Gasteiger partial charge in [-0.25, -0.2) is 9.67 Å². The highest BCUT2D eigenvalue weighted by molar-refractivity contribution is 5.75. The van der Waals surface area contributed by atoms with Crippen LogP contribution in [0.3, 0.4) is 0 Å². The van der Waals surface area contributed by atoms with Crippen molar-refractivity contribution in [2.45, 2.75) is 53.0 Å². The van der Waals surface area contributed by atoms with Gasteiger partial charge in [0, 0.05) is 6.54 Å². The zero-order chi connectivity index (χ0) is 18.6. The Kier molecular flexibility index (Phi) is 5.58. The van der Waals surface area contributed by atoms with Crippen LogP contribution in [-0.4, -0.2) is 27.2 Å². The lowest BCUT2D eigenvalue weighted by molar-refractivity contribution is -0.121. The number of nitrogens with zero attached hydrogens (tertiary/aromatic N) is 4. The van der Waals surface area contributed by atoms with Gasteiger partial charge in [-0.3, -0.25) is 4.79 Å². The van der Waals surface area contributed by atoms with E-state index in [0.29, 0.717) is 6.54 Å². The molecule has 6 heteroatoms. The minimum atomic E-state index is -0.143. The largest absolute Gasteiger partial charge is 0.354 e. The summed E-state index contributed by atoms with van der Waals surface area (Å²) in [5.41, 5.74) is 5.25. The van der Waals surface area contributed by atoms with E-state index in [1.807, 2.05) is 6.07 Å². The lowest BCUT2D eigenvalue weighted by Crippen LogP contribution is -2.29. The highest BCUT2D eigenvalue weighted by Crippen LogP contribution is 2.27. The molecule has 2 rings (SSSR count). The van der Waals surface area contributed by atoms with Crippen LogP contribution in [0.15, 0.2) is 18.5 Å². The monoisotopic (exact) mass is 339 g/mol. The fourth-order valence-corrected chi connectivity index (χ4v) is 2.77. The van der Waals surface area contributed by atoms with Crippen molar-refractivity contribution in [3.8, 4) is 6.07 Å². The van der Waals surface area contributed by atoms with Crippen LogP contribution in [-0.2, 0) is 23.2 Å². The topological polar surface area (TPSA) is 83.6 Å². The maximum absolute atomic E-state index is 12.0. The molecule has 0 saturated carbocycles. The third-order valence-electron chi connectivity index (χ3n) is 4.20. The molecule has 0 saturated heterocycles. The van der Waals surface area contributed by atoms with E-state index in [1.165, 1.54) is 33.3 Å². The van der Waals surface area contributed by atoms with E-state index in [0.717, 1.165) is 6.42 Å². The van der Waals surface area contributed by atoms with Gasteiger partial charge in [0.2, 0.25) is 5.91 Å². The quantitative estimate of drug-likeness (QED) is 0.907. The molecule has 0 unspecified atom stereocenters. The Morgan fingerprint density at radius 1 is 1.28 bits per heavy atom. The molecule has 0 radical (unpaired) electrons. The van der Waals surface area contributed by atoms with Crippen molar-refractivity contribution in [1.29, 1.82) is 5.26 Å². The molecule has 0 aliphatic rings. The molecule has 132 valence electrons. The van der Waals surface area contributed by atoms with Crippen molar-refractivity contribution in [3.05, 3.63) is 46.5 Å². The second-order valence-electron chi connectivity index (χ2n) is 7.32. The first-order valence-corrected chi connectivity index (χ1v) is 8.37.